The van der Waals surface area contributed by atoms with Crippen molar-refractivity contribution in [2.24, 2.45) is 0 Å². The zero-order valence-corrected chi connectivity index (χ0v) is 21.0. The van der Waals surface area contributed by atoms with Crippen molar-refractivity contribution in [2.45, 2.75) is 6.42 Å². The predicted molar refractivity (Wildman–Crippen MR) is 137 cm³/mol. The lowest BCUT2D eigenvalue weighted by Crippen LogP contribution is -2.54. The molecule has 8 nitrogen and oxygen atoms in total. The van der Waals surface area contributed by atoms with Gasteiger partial charge in [-0.2, -0.15) is 0 Å². The van der Waals surface area contributed by atoms with Gasteiger partial charge in [0.05, 0.1) is 25.5 Å². The SMILES string of the molecule is COC(=O)c1ccc(N2C(=O)NC(=O)/C(=C\c3ccc(Cc4ccccc4Br)c(OC)c3)C2=O)cc1. The van der Waals surface area contributed by atoms with Gasteiger partial charge >= 0.3 is 12.0 Å². The maximum Gasteiger partial charge on any atom is 0.337 e. The number of carbonyl (C=O) groups excluding carboxylic acids is 4. The van der Waals surface area contributed by atoms with Gasteiger partial charge < -0.3 is 9.47 Å². The van der Waals surface area contributed by atoms with E-state index in [2.05, 4.69) is 26.0 Å². The number of urea groups is 1. The van der Waals surface area contributed by atoms with Crippen LogP contribution >= 0.6 is 15.9 Å². The standard InChI is InChI=1S/C27H21BrN2O6/c1-35-23-14-16(7-8-19(23)15-18-5-3-4-6-22(18)28)13-21-24(31)29-27(34)30(25(21)32)20-11-9-17(10-12-20)26(33)36-2/h3-14H,15H2,1-2H3,(H,29,31,34)/b21-13+. The average Bonchev–Trinajstić information content (AvgIpc) is 2.88. The Morgan fingerprint density at radius 2 is 1.69 bits per heavy atom. The van der Waals surface area contributed by atoms with Crippen molar-refractivity contribution in [1.82, 2.24) is 5.32 Å². The molecule has 0 unspecified atom stereocenters. The van der Waals surface area contributed by atoms with Crippen LogP contribution in [-0.2, 0) is 20.7 Å². The molecule has 1 saturated heterocycles. The number of nitrogens with zero attached hydrogens (tertiary/aromatic N) is 1. The van der Waals surface area contributed by atoms with Crippen LogP contribution in [0.25, 0.3) is 6.08 Å². The third-order valence-corrected chi connectivity index (χ3v) is 6.38. The van der Waals surface area contributed by atoms with E-state index in [-0.39, 0.29) is 16.8 Å². The van der Waals surface area contributed by atoms with Gasteiger partial charge in [0.1, 0.15) is 11.3 Å². The molecular weight excluding hydrogens is 528 g/mol. The fraction of sp³-hybridized carbons (Fsp3) is 0.111. The molecule has 1 heterocycles. The lowest BCUT2D eigenvalue weighted by molar-refractivity contribution is -0.122. The summed E-state index contributed by atoms with van der Waals surface area (Å²) in [5.41, 5.74) is 2.80. The molecule has 182 valence electrons. The van der Waals surface area contributed by atoms with Crippen molar-refractivity contribution >= 4 is 51.5 Å². The smallest absolute Gasteiger partial charge is 0.337 e. The minimum Gasteiger partial charge on any atom is -0.496 e. The monoisotopic (exact) mass is 548 g/mol. The van der Waals surface area contributed by atoms with Gasteiger partial charge in [-0.3, -0.25) is 14.9 Å². The van der Waals surface area contributed by atoms with Crippen molar-refractivity contribution in [1.29, 1.82) is 0 Å². The fourth-order valence-electron chi connectivity index (χ4n) is 3.77. The van der Waals surface area contributed by atoms with Crippen molar-refractivity contribution in [3.8, 4) is 5.75 Å². The number of rotatable bonds is 6. The van der Waals surface area contributed by atoms with E-state index in [1.165, 1.54) is 37.5 Å². The number of halogens is 1. The highest BCUT2D eigenvalue weighted by Gasteiger charge is 2.36. The predicted octanol–water partition coefficient (Wildman–Crippen LogP) is 4.50. The maximum absolute atomic E-state index is 13.2. The molecule has 3 aromatic carbocycles. The second-order valence-corrected chi connectivity index (χ2v) is 8.69. The Bertz CT molecular complexity index is 1400. The minimum absolute atomic E-state index is 0.199. The van der Waals surface area contributed by atoms with Crippen LogP contribution in [0.4, 0.5) is 10.5 Å². The van der Waals surface area contributed by atoms with Crippen LogP contribution in [0, 0.1) is 0 Å². The summed E-state index contributed by atoms with van der Waals surface area (Å²) in [5.74, 6) is -1.55. The lowest BCUT2D eigenvalue weighted by atomic mass is 10.0. The normalized spacial score (nSPS) is 14.6. The molecule has 0 atom stereocenters. The number of carbonyl (C=O) groups is 4. The number of ether oxygens (including phenoxy) is 2. The number of anilines is 1. The zero-order valence-electron chi connectivity index (χ0n) is 19.4. The van der Waals surface area contributed by atoms with E-state index >= 15 is 0 Å². The quantitative estimate of drug-likeness (QED) is 0.276. The van der Waals surface area contributed by atoms with Gasteiger partial charge in [0.25, 0.3) is 11.8 Å². The van der Waals surface area contributed by atoms with Crippen molar-refractivity contribution < 1.29 is 28.7 Å². The molecule has 0 radical (unpaired) electrons. The van der Waals surface area contributed by atoms with Gasteiger partial charge in [-0.1, -0.05) is 46.3 Å². The van der Waals surface area contributed by atoms with Gasteiger partial charge in [-0.05, 0) is 59.2 Å². The first-order valence-corrected chi connectivity index (χ1v) is 11.6. The van der Waals surface area contributed by atoms with E-state index in [4.69, 9.17) is 4.74 Å². The van der Waals surface area contributed by atoms with E-state index in [1.807, 2.05) is 30.3 Å². The molecule has 0 saturated carbocycles. The summed E-state index contributed by atoms with van der Waals surface area (Å²) in [7, 11) is 2.80. The number of nitrogens with one attached hydrogen (secondary N) is 1. The van der Waals surface area contributed by atoms with Crippen LogP contribution < -0.4 is 15.0 Å². The molecule has 1 N–H and O–H groups in total. The van der Waals surface area contributed by atoms with Gasteiger partial charge in [0.2, 0.25) is 0 Å². The molecule has 0 spiro atoms. The van der Waals surface area contributed by atoms with E-state index in [0.717, 1.165) is 20.5 Å². The lowest BCUT2D eigenvalue weighted by Gasteiger charge is -2.26. The fourth-order valence-corrected chi connectivity index (χ4v) is 4.19. The summed E-state index contributed by atoms with van der Waals surface area (Å²) in [5, 5.41) is 2.19. The van der Waals surface area contributed by atoms with Crippen LogP contribution in [0.3, 0.4) is 0 Å². The van der Waals surface area contributed by atoms with Crippen molar-refractivity contribution in [3.63, 3.8) is 0 Å². The summed E-state index contributed by atoms with van der Waals surface area (Å²) in [6, 6.07) is 18.1. The summed E-state index contributed by atoms with van der Waals surface area (Å²) >= 11 is 3.55. The molecule has 0 aromatic heterocycles. The number of hydrogen-bond acceptors (Lipinski definition) is 6. The Kier molecular flexibility index (Phi) is 7.30. The van der Waals surface area contributed by atoms with Gasteiger partial charge in [0.15, 0.2) is 0 Å². The highest BCUT2D eigenvalue weighted by atomic mass is 79.9. The Balaban J connectivity index is 1.63. The largest absolute Gasteiger partial charge is 0.496 e. The first-order chi connectivity index (χ1) is 17.3. The Hall–Kier alpha value is -4.24. The second-order valence-electron chi connectivity index (χ2n) is 7.84. The summed E-state index contributed by atoms with van der Waals surface area (Å²) in [6.45, 7) is 0. The Labute approximate surface area is 215 Å². The summed E-state index contributed by atoms with van der Waals surface area (Å²) in [6.07, 6.45) is 2.02. The van der Waals surface area contributed by atoms with E-state index in [9.17, 15) is 19.2 Å². The number of benzene rings is 3. The topological polar surface area (TPSA) is 102 Å². The second kappa shape index (κ2) is 10.6. The number of methoxy groups -OCH3 is 2. The van der Waals surface area contributed by atoms with E-state index in [1.54, 1.807) is 19.2 Å². The Morgan fingerprint density at radius 1 is 0.972 bits per heavy atom. The number of esters is 1. The summed E-state index contributed by atoms with van der Waals surface area (Å²) < 4.78 is 11.2. The molecule has 1 aliphatic rings. The van der Waals surface area contributed by atoms with Gasteiger partial charge in [0, 0.05) is 10.9 Å². The molecule has 1 aliphatic heterocycles. The molecule has 0 aliphatic carbocycles. The zero-order chi connectivity index (χ0) is 25.8. The van der Waals surface area contributed by atoms with Gasteiger partial charge in [-0.15, -0.1) is 0 Å². The highest BCUT2D eigenvalue weighted by Crippen LogP contribution is 2.28. The van der Waals surface area contributed by atoms with Crippen LogP contribution in [-0.4, -0.2) is 38.0 Å². The first kappa shape index (κ1) is 24.9. The highest BCUT2D eigenvalue weighted by molar-refractivity contribution is 9.10. The molecule has 4 amide bonds. The van der Waals surface area contributed by atoms with Crippen LogP contribution in [0.2, 0.25) is 0 Å². The third-order valence-electron chi connectivity index (χ3n) is 5.61. The van der Waals surface area contributed by atoms with E-state index < -0.39 is 23.8 Å². The molecule has 0 bridgehead atoms. The number of barbiturate groups is 1. The van der Waals surface area contributed by atoms with Crippen LogP contribution in [0.5, 0.6) is 5.75 Å². The van der Waals surface area contributed by atoms with Crippen LogP contribution in [0.15, 0.2) is 76.8 Å². The molecule has 3 aromatic rings. The molecule has 9 heteroatoms. The third kappa shape index (κ3) is 5.06. The molecular formula is C27H21BrN2O6. The molecule has 4 rings (SSSR count). The van der Waals surface area contributed by atoms with Crippen LogP contribution in [0.1, 0.15) is 27.0 Å². The maximum atomic E-state index is 13.2. The van der Waals surface area contributed by atoms with Crippen molar-refractivity contribution in [3.05, 3.63) is 99.0 Å². The minimum atomic E-state index is -0.880. The van der Waals surface area contributed by atoms with Crippen molar-refractivity contribution in [2.75, 3.05) is 19.1 Å². The number of imide groups is 2. The van der Waals surface area contributed by atoms with Gasteiger partial charge in [-0.25, -0.2) is 14.5 Å². The average molecular weight is 549 g/mol. The molecule has 36 heavy (non-hydrogen) atoms. The van der Waals surface area contributed by atoms with E-state index in [0.29, 0.717) is 17.7 Å². The number of hydrogen-bond donors (Lipinski definition) is 1. The Morgan fingerprint density at radius 3 is 2.36 bits per heavy atom. The molecule has 1 fully saturated rings. The number of amides is 4. The first-order valence-electron chi connectivity index (χ1n) is 10.8. The summed E-state index contributed by atoms with van der Waals surface area (Å²) in [4.78, 5) is 50.7.